The Balaban J connectivity index is 1.88. The van der Waals surface area contributed by atoms with Gasteiger partial charge in [0.1, 0.15) is 5.82 Å². The topological polar surface area (TPSA) is 42.0 Å². The minimum absolute atomic E-state index is 0.108. The molecule has 21 heavy (non-hydrogen) atoms. The molecule has 1 fully saturated rings. The predicted molar refractivity (Wildman–Crippen MR) is 78.2 cm³/mol. The molecule has 1 aromatic heterocycles. The van der Waals surface area contributed by atoms with Crippen LogP contribution in [0.25, 0.3) is 0 Å². The molecule has 1 amide bonds. The highest BCUT2D eigenvalue weighted by molar-refractivity contribution is 5.94. The molecular weight excluding hydrogens is 267 g/mol. The van der Waals surface area contributed by atoms with Crippen molar-refractivity contribution in [3.05, 3.63) is 65.7 Å². The maximum atomic E-state index is 13.1. The van der Waals surface area contributed by atoms with Crippen LogP contribution >= 0.6 is 0 Å². The van der Waals surface area contributed by atoms with Gasteiger partial charge in [-0.15, -0.1) is 0 Å². The summed E-state index contributed by atoms with van der Waals surface area (Å²) in [5.74, 6) is -0.365. The van der Waals surface area contributed by atoms with Crippen molar-refractivity contribution in [1.29, 1.82) is 0 Å². The third-order valence-corrected chi connectivity index (χ3v) is 4.15. The minimum Gasteiger partial charge on any atom is -0.343 e. The van der Waals surface area contributed by atoms with E-state index < -0.39 is 0 Å². The second kappa shape index (κ2) is 5.64. The molecule has 0 saturated heterocycles. The number of carbonyl (C=O) groups is 1. The van der Waals surface area contributed by atoms with Crippen molar-refractivity contribution in [2.75, 3.05) is 0 Å². The van der Waals surface area contributed by atoms with Gasteiger partial charge in [-0.3, -0.25) is 9.78 Å². The fraction of sp³-hybridized carbons (Fsp3) is 0.294. The lowest BCUT2D eigenvalue weighted by atomic mass is 9.87. The van der Waals surface area contributed by atoms with Crippen LogP contribution in [0.2, 0.25) is 0 Å². The lowest BCUT2D eigenvalue weighted by molar-refractivity contribution is 0.0898. The van der Waals surface area contributed by atoms with E-state index >= 15 is 0 Å². The fourth-order valence-electron chi connectivity index (χ4n) is 3.03. The van der Waals surface area contributed by atoms with E-state index in [0.717, 1.165) is 31.2 Å². The average Bonchev–Trinajstić information content (AvgIpc) is 2.98. The first kappa shape index (κ1) is 13.7. The molecule has 1 saturated carbocycles. The summed E-state index contributed by atoms with van der Waals surface area (Å²) in [5, 5.41) is 3.16. The Kier molecular flexibility index (Phi) is 3.69. The Hall–Kier alpha value is -2.23. The standard InChI is InChI=1S/C17H17FN2O/c18-15-5-3-14(4-6-15)17(9-1-2-10-17)20-16(21)13-7-11-19-12-8-13/h3-8,11-12H,1-2,9-10H2,(H,20,21). The number of amides is 1. The molecular formula is C17H17FN2O. The number of aromatic nitrogens is 1. The van der Waals surface area contributed by atoms with Crippen molar-refractivity contribution in [3.8, 4) is 0 Å². The summed E-state index contributed by atoms with van der Waals surface area (Å²) in [6, 6.07) is 9.84. The fourth-order valence-corrected chi connectivity index (χ4v) is 3.03. The first-order chi connectivity index (χ1) is 10.2. The predicted octanol–water partition coefficient (Wildman–Crippen LogP) is 3.42. The van der Waals surface area contributed by atoms with Crippen LogP contribution in [0, 0.1) is 5.82 Å². The molecule has 1 aromatic carbocycles. The Labute approximate surface area is 123 Å². The zero-order valence-corrected chi connectivity index (χ0v) is 11.7. The quantitative estimate of drug-likeness (QED) is 0.938. The second-order valence-electron chi connectivity index (χ2n) is 5.49. The van der Waals surface area contributed by atoms with Crippen molar-refractivity contribution in [2.24, 2.45) is 0 Å². The summed E-state index contributed by atoms with van der Waals surface area (Å²) < 4.78 is 13.1. The number of benzene rings is 1. The Bertz CT molecular complexity index is 619. The highest BCUT2D eigenvalue weighted by atomic mass is 19.1. The maximum absolute atomic E-state index is 13.1. The van der Waals surface area contributed by atoms with Crippen molar-refractivity contribution in [2.45, 2.75) is 31.2 Å². The van der Waals surface area contributed by atoms with Crippen LogP contribution in [0.1, 0.15) is 41.6 Å². The number of hydrogen-bond donors (Lipinski definition) is 1. The van der Waals surface area contributed by atoms with Crippen LogP contribution in [-0.2, 0) is 5.54 Å². The third kappa shape index (κ3) is 2.79. The molecule has 1 N–H and O–H groups in total. The molecule has 0 aliphatic heterocycles. The van der Waals surface area contributed by atoms with Crippen LogP contribution in [0.5, 0.6) is 0 Å². The molecule has 0 bridgehead atoms. The maximum Gasteiger partial charge on any atom is 0.252 e. The van der Waals surface area contributed by atoms with Gasteiger partial charge >= 0.3 is 0 Å². The first-order valence-electron chi connectivity index (χ1n) is 7.18. The van der Waals surface area contributed by atoms with Gasteiger partial charge in [-0.05, 0) is 42.7 Å². The minimum atomic E-state index is -0.381. The molecule has 2 aromatic rings. The highest BCUT2D eigenvalue weighted by Crippen LogP contribution is 2.39. The molecule has 4 heteroatoms. The molecule has 3 rings (SSSR count). The van der Waals surface area contributed by atoms with Gasteiger partial charge in [-0.25, -0.2) is 4.39 Å². The SMILES string of the molecule is O=C(NC1(c2ccc(F)cc2)CCCC1)c1ccncc1. The third-order valence-electron chi connectivity index (χ3n) is 4.15. The highest BCUT2D eigenvalue weighted by Gasteiger charge is 2.37. The molecule has 1 aliphatic carbocycles. The van der Waals surface area contributed by atoms with Crippen LogP contribution in [-0.4, -0.2) is 10.9 Å². The van der Waals surface area contributed by atoms with E-state index in [0.29, 0.717) is 5.56 Å². The molecule has 108 valence electrons. The van der Waals surface area contributed by atoms with Gasteiger partial charge in [-0.2, -0.15) is 0 Å². The molecule has 1 aliphatic rings. The summed E-state index contributed by atoms with van der Waals surface area (Å²) in [7, 11) is 0. The van der Waals surface area contributed by atoms with Crippen LogP contribution in [0.4, 0.5) is 4.39 Å². The number of pyridine rings is 1. The number of halogens is 1. The van der Waals surface area contributed by atoms with E-state index in [1.807, 2.05) is 0 Å². The normalized spacial score (nSPS) is 16.6. The average molecular weight is 284 g/mol. The summed E-state index contributed by atoms with van der Waals surface area (Å²) in [6.07, 6.45) is 7.11. The Morgan fingerprint density at radius 3 is 2.29 bits per heavy atom. The van der Waals surface area contributed by atoms with E-state index in [-0.39, 0.29) is 17.3 Å². The van der Waals surface area contributed by atoms with Crippen molar-refractivity contribution in [1.82, 2.24) is 10.3 Å². The summed E-state index contributed by atoms with van der Waals surface area (Å²) >= 11 is 0. The summed E-state index contributed by atoms with van der Waals surface area (Å²) in [4.78, 5) is 16.4. The van der Waals surface area contributed by atoms with E-state index in [1.165, 1.54) is 12.1 Å². The van der Waals surface area contributed by atoms with Crippen molar-refractivity contribution < 1.29 is 9.18 Å². The Morgan fingerprint density at radius 1 is 1.05 bits per heavy atom. The molecule has 3 nitrogen and oxygen atoms in total. The number of rotatable bonds is 3. The summed E-state index contributed by atoms with van der Waals surface area (Å²) in [5.41, 5.74) is 1.19. The monoisotopic (exact) mass is 284 g/mol. The van der Waals surface area contributed by atoms with Crippen molar-refractivity contribution >= 4 is 5.91 Å². The van der Waals surface area contributed by atoms with E-state index in [4.69, 9.17) is 0 Å². The van der Waals surface area contributed by atoms with E-state index in [9.17, 15) is 9.18 Å². The molecule has 0 atom stereocenters. The van der Waals surface area contributed by atoms with Gasteiger partial charge in [0, 0.05) is 18.0 Å². The molecule has 0 spiro atoms. The van der Waals surface area contributed by atoms with Crippen molar-refractivity contribution in [3.63, 3.8) is 0 Å². The number of nitrogens with zero attached hydrogens (tertiary/aromatic N) is 1. The van der Waals surface area contributed by atoms with Gasteiger partial charge in [0.15, 0.2) is 0 Å². The lowest BCUT2D eigenvalue weighted by Gasteiger charge is -2.31. The van der Waals surface area contributed by atoms with Gasteiger partial charge in [0.05, 0.1) is 5.54 Å². The molecule has 0 radical (unpaired) electrons. The van der Waals surface area contributed by atoms with Gasteiger partial charge in [-0.1, -0.05) is 25.0 Å². The van der Waals surface area contributed by atoms with E-state index in [2.05, 4.69) is 10.3 Å². The van der Waals surface area contributed by atoms with Gasteiger partial charge in [0.2, 0.25) is 0 Å². The zero-order chi connectivity index (χ0) is 14.7. The first-order valence-corrected chi connectivity index (χ1v) is 7.18. The Morgan fingerprint density at radius 2 is 1.67 bits per heavy atom. The van der Waals surface area contributed by atoms with Crippen LogP contribution < -0.4 is 5.32 Å². The molecule has 0 unspecified atom stereocenters. The van der Waals surface area contributed by atoms with Gasteiger partial charge in [0.25, 0.3) is 5.91 Å². The largest absolute Gasteiger partial charge is 0.343 e. The lowest BCUT2D eigenvalue weighted by Crippen LogP contribution is -2.43. The van der Waals surface area contributed by atoms with Gasteiger partial charge < -0.3 is 5.32 Å². The number of hydrogen-bond acceptors (Lipinski definition) is 2. The van der Waals surface area contributed by atoms with E-state index in [1.54, 1.807) is 36.7 Å². The number of nitrogens with one attached hydrogen (secondary N) is 1. The smallest absolute Gasteiger partial charge is 0.252 e. The van der Waals surface area contributed by atoms with Crippen LogP contribution in [0.3, 0.4) is 0 Å². The second-order valence-corrected chi connectivity index (χ2v) is 5.49. The molecule has 1 heterocycles. The van der Waals surface area contributed by atoms with Crippen LogP contribution in [0.15, 0.2) is 48.8 Å². The summed E-state index contributed by atoms with van der Waals surface area (Å²) in [6.45, 7) is 0. The zero-order valence-electron chi connectivity index (χ0n) is 11.7. The number of carbonyl (C=O) groups excluding carboxylic acids is 1.